The average molecular weight is 593 g/mol. The van der Waals surface area contributed by atoms with Gasteiger partial charge in [-0.2, -0.15) is 0 Å². The number of rotatable bonds is 31. The minimum absolute atomic E-state index is 0.112. The van der Waals surface area contributed by atoms with Crippen molar-refractivity contribution in [3.8, 4) is 0 Å². The smallest absolute Gasteiger partial charge is 0.224 e. The Bertz CT molecular complexity index is 798. The van der Waals surface area contributed by atoms with Crippen LogP contribution in [0.3, 0.4) is 0 Å². The summed E-state index contributed by atoms with van der Waals surface area (Å²) in [4.78, 5) is 32.9. The number of carbonyl (C=O) groups is 2. The Kier molecular flexibility index (Phi) is 25.9. The molecule has 1 rings (SSSR count). The third kappa shape index (κ3) is 23.3. The van der Waals surface area contributed by atoms with Gasteiger partial charge in [0.05, 0.1) is 45.6 Å². The second-order valence-corrected chi connectivity index (χ2v) is 11.0. The van der Waals surface area contributed by atoms with Crippen LogP contribution < -0.4 is 10.2 Å². The van der Waals surface area contributed by atoms with Gasteiger partial charge >= 0.3 is 0 Å². The van der Waals surface area contributed by atoms with Gasteiger partial charge < -0.3 is 19.5 Å². The highest BCUT2D eigenvalue weighted by Crippen LogP contribution is 2.21. The highest BCUT2D eigenvalue weighted by molar-refractivity contribution is 5.87. The molecule has 1 atom stereocenters. The first-order valence-electron chi connectivity index (χ1n) is 16.4. The van der Waals surface area contributed by atoms with E-state index in [-0.39, 0.29) is 18.1 Å². The molecule has 0 aromatic carbocycles. The Morgan fingerprint density at radius 1 is 0.881 bits per heavy atom. The number of hydrogen-bond donors (Lipinski definition) is 2. The number of hydrogen-bond acceptors (Lipinski definition) is 8. The lowest BCUT2D eigenvalue weighted by Crippen LogP contribution is -2.34. The van der Waals surface area contributed by atoms with Crippen LogP contribution in [-0.2, 0) is 23.8 Å². The van der Waals surface area contributed by atoms with E-state index in [9.17, 15) is 9.59 Å². The summed E-state index contributed by atoms with van der Waals surface area (Å²) in [5, 5.41) is 6.43. The molecule has 0 aromatic heterocycles. The number of nitrogens with one attached hydrogen (secondary N) is 2. The number of ketones is 1. The topological polar surface area (TPSA) is 137 Å². The Balaban J connectivity index is 2.12. The third-order valence-corrected chi connectivity index (χ3v) is 7.27. The molecule has 42 heavy (non-hydrogen) atoms. The molecule has 240 valence electrons. The molecule has 0 bridgehead atoms. The molecule has 1 aliphatic rings. The molecule has 0 saturated carbocycles. The molecule has 0 unspecified atom stereocenters. The monoisotopic (exact) mass is 592 g/mol. The van der Waals surface area contributed by atoms with E-state index in [0.29, 0.717) is 65.6 Å². The zero-order valence-electron chi connectivity index (χ0n) is 26.3. The van der Waals surface area contributed by atoms with Gasteiger partial charge in [0.1, 0.15) is 23.0 Å². The van der Waals surface area contributed by atoms with Gasteiger partial charge in [-0.25, -0.2) is 0 Å². The minimum Gasteiger partial charge on any atom is -0.377 e. The molecule has 2 N–H and O–H groups in total. The molecule has 1 heterocycles. The summed E-state index contributed by atoms with van der Waals surface area (Å²) in [6.07, 6.45) is 22.6. The Morgan fingerprint density at radius 2 is 1.45 bits per heavy atom. The maximum absolute atomic E-state index is 12.9. The first-order valence-corrected chi connectivity index (χ1v) is 16.4. The van der Waals surface area contributed by atoms with Crippen LogP contribution in [0.25, 0.3) is 0 Å². The van der Waals surface area contributed by atoms with Crippen molar-refractivity contribution in [2.45, 2.75) is 116 Å². The zero-order valence-corrected chi connectivity index (χ0v) is 26.3. The highest BCUT2D eigenvalue weighted by Gasteiger charge is 2.23. The summed E-state index contributed by atoms with van der Waals surface area (Å²) in [7, 11) is 0. The summed E-state index contributed by atoms with van der Waals surface area (Å²) in [5.74, 6) is -0.343. The zero-order chi connectivity index (χ0) is 30.4. The maximum Gasteiger partial charge on any atom is 0.224 e. The lowest BCUT2D eigenvalue weighted by molar-refractivity contribution is -0.129. The molecular weight excluding hydrogens is 534 g/mol. The molecule has 0 spiro atoms. The van der Waals surface area contributed by atoms with Gasteiger partial charge in [-0.15, -0.1) is 0 Å². The van der Waals surface area contributed by atoms with E-state index in [1.807, 2.05) is 12.3 Å². The van der Waals surface area contributed by atoms with E-state index in [1.54, 1.807) is 0 Å². The van der Waals surface area contributed by atoms with Gasteiger partial charge in [-0.1, -0.05) is 90.0 Å². The first-order chi connectivity index (χ1) is 20.7. The second kappa shape index (κ2) is 28.8. The normalized spacial score (nSPS) is 13.1. The van der Waals surface area contributed by atoms with Crippen molar-refractivity contribution in [1.82, 2.24) is 10.2 Å². The fraction of sp³-hybridized carbons (Fsp3) is 0.844. The highest BCUT2D eigenvalue weighted by atomic mass is 16.5. The lowest BCUT2D eigenvalue weighted by atomic mass is 9.93. The van der Waals surface area contributed by atoms with Gasteiger partial charge in [-0.3, -0.25) is 14.6 Å². The maximum atomic E-state index is 12.9. The average Bonchev–Trinajstić information content (AvgIpc) is 3.50. The van der Waals surface area contributed by atoms with Crippen molar-refractivity contribution in [2.24, 2.45) is 16.0 Å². The van der Waals surface area contributed by atoms with Gasteiger partial charge in [0, 0.05) is 44.1 Å². The Labute approximate surface area is 254 Å². The van der Waals surface area contributed by atoms with Crippen LogP contribution in [0.2, 0.25) is 0 Å². The van der Waals surface area contributed by atoms with Crippen molar-refractivity contribution < 1.29 is 23.8 Å². The predicted molar refractivity (Wildman–Crippen MR) is 167 cm³/mol. The number of aliphatic imine (C=N–C) groups is 1. The second-order valence-electron chi connectivity index (χ2n) is 11.0. The number of nitrogens with zero attached hydrogens (tertiary/aromatic N) is 3. The molecule has 0 fully saturated rings. The summed E-state index contributed by atoms with van der Waals surface area (Å²) >= 11 is 0. The number of amides is 1. The van der Waals surface area contributed by atoms with Crippen molar-refractivity contribution in [2.75, 3.05) is 52.7 Å². The van der Waals surface area contributed by atoms with E-state index in [0.717, 1.165) is 25.0 Å². The third-order valence-electron chi connectivity index (χ3n) is 7.27. The molecule has 0 aromatic rings. The molecule has 0 saturated heterocycles. The summed E-state index contributed by atoms with van der Waals surface area (Å²) in [6, 6.07) is 0. The van der Waals surface area contributed by atoms with Gasteiger partial charge in [-0.05, 0) is 6.42 Å². The van der Waals surface area contributed by atoms with Crippen LogP contribution in [0.4, 0.5) is 0 Å². The van der Waals surface area contributed by atoms with E-state index < -0.39 is 5.92 Å². The van der Waals surface area contributed by atoms with Crippen LogP contribution in [0, 0.1) is 11.4 Å². The molecular formula is C32H58N5O5+. The van der Waals surface area contributed by atoms with Crippen molar-refractivity contribution in [3.05, 3.63) is 11.8 Å². The Hall–Kier alpha value is -2.26. The van der Waals surface area contributed by atoms with Crippen LogP contribution in [0.15, 0.2) is 21.9 Å². The van der Waals surface area contributed by atoms with Crippen molar-refractivity contribution >= 4 is 17.9 Å². The minimum atomic E-state index is -0.396. The molecule has 10 nitrogen and oxygen atoms in total. The standard InChI is InChI=1S/C32H57N5O5/c1-2-3-4-5-6-7-8-9-10-11-12-13-14-17-31(38)28-29(27-30-16-15-18-34-30)32(39)35-19-21-40-23-25-42-26-24-41-22-20-36-37-33/h16,18,29,33H,2-15,17,19-28H2,1H3/p+1/t29-/m1/s1. The van der Waals surface area contributed by atoms with E-state index in [4.69, 9.17) is 19.7 Å². The fourth-order valence-corrected chi connectivity index (χ4v) is 4.86. The van der Waals surface area contributed by atoms with Gasteiger partial charge in [0.25, 0.3) is 0 Å². The van der Waals surface area contributed by atoms with E-state index >= 15 is 0 Å². The number of allylic oxidation sites excluding steroid dienone is 2. The van der Waals surface area contributed by atoms with Crippen molar-refractivity contribution in [1.29, 1.82) is 5.53 Å². The number of carbonyl (C=O) groups excluding carboxylic acids is 2. The summed E-state index contributed by atoms with van der Waals surface area (Å²) in [5.41, 5.74) is 7.44. The van der Waals surface area contributed by atoms with Gasteiger partial charge in [0.15, 0.2) is 0 Å². The summed E-state index contributed by atoms with van der Waals surface area (Å²) in [6.45, 7) is 5.57. The predicted octanol–water partition coefficient (Wildman–Crippen LogP) is 6.51. The van der Waals surface area contributed by atoms with Crippen LogP contribution in [0.5, 0.6) is 0 Å². The quantitative estimate of drug-likeness (QED) is 0.0537. The SMILES string of the molecule is CCCCCCCCCCCCCCCC(=O)C[C@@H](CC1=CCC=N1)C(=O)NCCOCCOCCOCCN=[N+]=N. The molecule has 10 heteroatoms. The Morgan fingerprint density at radius 3 is 2.02 bits per heavy atom. The van der Waals surface area contributed by atoms with Gasteiger partial charge in [0.2, 0.25) is 10.8 Å². The lowest BCUT2D eigenvalue weighted by Gasteiger charge is -2.16. The largest absolute Gasteiger partial charge is 0.377 e. The van der Waals surface area contributed by atoms with Crippen LogP contribution in [0.1, 0.15) is 116 Å². The summed E-state index contributed by atoms with van der Waals surface area (Å²) < 4.78 is 16.2. The number of ether oxygens (including phenoxy) is 3. The molecule has 0 radical (unpaired) electrons. The molecule has 1 amide bonds. The molecule has 1 aliphatic heterocycles. The van der Waals surface area contributed by atoms with Crippen molar-refractivity contribution in [3.63, 3.8) is 0 Å². The van der Waals surface area contributed by atoms with E-state index in [1.165, 1.54) is 70.6 Å². The van der Waals surface area contributed by atoms with Crippen LogP contribution in [-0.4, -0.2) is 70.6 Å². The fourth-order valence-electron chi connectivity index (χ4n) is 4.86. The first kappa shape index (κ1) is 37.8. The number of unbranched alkanes of at least 4 members (excludes halogenated alkanes) is 12. The molecule has 0 aliphatic carbocycles. The van der Waals surface area contributed by atoms with Crippen LogP contribution >= 0.6 is 0 Å². The number of Topliss-reactive ketones (excluding diaryl/α,β-unsaturated/α-hetero) is 1. The van der Waals surface area contributed by atoms with E-state index in [2.05, 4.69) is 27.3 Å².